The first-order chi connectivity index (χ1) is 13.1. The SMILES string of the molecule is CCCN(CCc1nc(-c2cccc(C)c2)no1)C(=O)c1ccc(C)cc1. The van der Waals surface area contributed by atoms with Gasteiger partial charge in [0.15, 0.2) is 0 Å². The summed E-state index contributed by atoms with van der Waals surface area (Å²) in [4.78, 5) is 19.1. The lowest BCUT2D eigenvalue weighted by atomic mass is 10.1. The molecule has 0 aliphatic carbocycles. The van der Waals surface area contributed by atoms with Crippen molar-refractivity contribution in [3.8, 4) is 11.4 Å². The second-order valence-corrected chi connectivity index (χ2v) is 6.79. The van der Waals surface area contributed by atoms with Crippen LogP contribution in [0.4, 0.5) is 0 Å². The molecule has 5 nitrogen and oxygen atoms in total. The van der Waals surface area contributed by atoms with Crippen LogP contribution >= 0.6 is 0 Å². The van der Waals surface area contributed by atoms with Crippen LogP contribution in [0.25, 0.3) is 11.4 Å². The van der Waals surface area contributed by atoms with Crippen molar-refractivity contribution in [2.75, 3.05) is 13.1 Å². The van der Waals surface area contributed by atoms with Gasteiger partial charge in [0.2, 0.25) is 11.7 Å². The number of benzene rings is 2. The van der Waals surface area contributed by atoms with Gasteiger partial charge in [0.05, 0.1) is 0 Å². The van der Waals surface area contributed by atoms with Gasteiger partial charge in [0, 0.05) is 30.6 Å². The molecule has 0 spiro atoms. The average molecular weight is 363 g/mol. The van der Waals surface area contributed by atoms with E-state index < -0.39 is 0 Å². The van der Waals surface area contributed by atoms with E-state index in [-0.39, 0.29) is 5.91 Å². The van der Waals surface area contributed by atoms with Gasteiger partial charge < -0.3 is 9.42 Å². The van der Waals surface area contributed by atoms with Crippen LogP contribution in [-0.4, -0.2) is 34.0 Å². The number of amides is 1. The number of hydrogen-bond donors (Lipinski definition) is 0. The van der Waals surface area contributed by atoms with Crippen LogP contribution in [0.2, 0.25) is 0 Å². The Labute approximate surface area is 160 Å². The van der Waals surface area contributed by atoms with Crippen LogP contribution in [0.5, 0.6) is 0 Å². The maximum atomic E-state index is 12.8. The molecule has 0 N–H and O–H groups in total. The fraction of sp³-hybridized carbons (Fsp3) is 0.318. The molecule has 2 aromatic carbocycles. The van der Waals surface area contributed by atoms with Crippen molar-refractivity contribution >= 4 is 5.91 Å². The Morgan fingerprint density at radius 2 is 1.81 bits per heavy atom. The quantitative estimate of drug-likeness (QED) is 0.622. The summed E-state index contributed by atoms with van der Waals surface area (Å²) in [5, 5.41) is 4.07. The first-order valence-electron chi connectivity index (χ1n) is 9.32. The Morgan fingerprint density at radius 3 is 2.52 bits per heavy atom. The van der Waals surface area contributed by atoms with Crippen LogP contribution in [-0.2, 0) is 6.42 Å². The first-order valence-corrected chi connectivity index (χ1v) is 9.32. The van der Waals surface area contributed by atoms with Crippen molar-refractivity contribution in [3.05, 3.63) is 71.1 Å². The van der Waals surface area contributed by atoms with E-state index in [1.54, 1.807) is 0 Å². The van der Waals surface area contributed by atoms with Crippen molar-refractivity contribution in [3.63, 3.8) is 0 Å². The van der Waals surface area contributed by atoms with Crippen molar-refractivity contribution in [2.45, 2.75) is 33.6 Å². The molecule has 1 heterocycles. The Hall–Kier alpha value is -2.95. The molecule has 5 heteroatoms. The third-order valence-corrected chi connectivity index (χ3v) is 4.42. The van der Waals surface area contributed by atoms with Gasteiger partial charge >= 0.3 is 0 Å². The largest absolute Gasteiger partial charge is 0.339 e. The van der Waals surface area contributed by atoms with E-state index in [0.29, 0.717) is 36.8 Å². The van der Waals surface area contributed by atoms with E-state index in [1.807, 2.05) is 67.3 Å². The molecule has 0 atom stereocenters. The molecule has 0 aliphatic heterocycles. The molecule has 0 unspecified atom stereocenters. The Bertz CT molecular complexity index is 900. The van der Waals surface area contributed by atoms with Crippen molar-refractivity contribution in [1.29, 1.82) is 0 Å². The first kappa shape index (κ1) is 18.8. The van der Waals surface area contributed by atoms with E-state index in [2.05, 4.69) is 17.1 Å². The minimum atomic E-state index is 0.0373. The molecular formula is C22H25N3O2. The summed E-state index contributed by atoms with van der Waals surface area (Å²) < 4.78 is 5.39. The van der Waals surface area contributed by atoms with E-state index in [9.17, 15) is 4.79 Å². The lowest BCUT2D eigenvalue weighted by Crippen LogP contribution is -2.33. The van der Waals surface area contributed by atoms with Gasteiger partial charge in [0.1, 0.15) is 0 Å². The van der Waals surface area contributed by atoms with Gasteiger partial charge in [-0.25, -0.2) is 0 Å². The third-order valence-electron chi connectivity index (χ3n) is 4.42. The molecule has 1 amide bonds. The highest BCUT2D eigenvalue weighted by Gasteiger charge is 2.17. The normalized spacial score (nSPS) is 10.8. The number of carbonyl (C=O) groups excluding carboxylic acids is 1. The Kier molecular flexibility index (Phi) is 6.01. The number of hydrogen-bond acceptors (Lipinski definition) is 4. The zero-order valence-electron chi connectivity index (χ0n) is 16.1. The van der Waals surface area contributed by atoms with Crippen LogP contribution < -0.4 is 0 Å². The highest BCUT2D eigenvalue weighted by atomic mass is 16.5. The molecule has 0 bridgehead atoms. The van der Waals surface area contributed by atoms with Gasteiger partial charge in [-0.15, -0.1) is 0 Å². The molecule has 1 aromatic heterocycles. The second-order valence-electron chi connectivity index (χ2n) is 6.79. The zero-order valence-corrected chi connectivity index (χ0v) is 16.1. The molecule has 0 saturated carbocycles. The summed E-state index contributed by atoms with van der Waals surface area (Å²) in [7, 11) is 0. The predicted octanol–water partition coefficient (Wildman–Crippen LogP) is 4.45. The van der Waals surface area contributed by atoms with E-state index >= 15 is 0 Å². The maximum Gasteiger partial charge on any atom is 0.253 e. The van der Waals surface area contributed by atoms with Gasteiger partial charge in [-0.3, -0.25) is 4.79 Å². The zero-order chi connectivity index (χ0) is 19.2. The second kappa shape index (κ2) is 8.62. The van der Waals surface area contributed by atoms with Gasteiger partial charge in [-0.2, -0.15) is 4.98 Å². The van der Waals surface area contributed by atoms with E-state index in [4.69, 9.17) is 4.52 Å². The van der Waals surface area contributed by atoms with Crippen LogP contribution in [0.1, 0.15) is 40.7 Å². The highest BCUT2D eigenvalue weighted by Crippen LogP contribution is 2.17. The number of carbonyl (C=O) groups is 1. The molecule has 0 radical (unpaired) electrons. The van der Waals surface area contributed by atoms with Gasteiger partial charge in [-0.1, -0.05) is 53.5 Å². The molecule has 140 valence electrons. The summed E-state index contributed by atoms with van der Waals surface area (Å²) in [5.41, 5.74) is 3.94. The van der Waals surface area contributed by atoms with E-state index in [1.165, 1.54) is 0 Å². The number of nitrogens with zero attached hydrogens (tertiary/aromatic N) is 3. The Morgan fingerprint density at radius 1 is 1.04 bits per heavy atom. The summed E-state index contributed by atoms with van der Waals surface area (Å²) in [6, 6.07) is 15.7. The van der Waals surface area contributed by atoms with Crippen molar-refractivity contribution < 1.29 is 9.32 Å². The lowest BCUT2D eigenvalue weighted by Gasteiger charge is -2.21. The van der Waals surface area contributed by atoms with Crippen LogP contribution in [0.15, 0.2) is 53.1 Å². The minimum absolute atomic E-state index is 0.0373. The average Bonchev–Trinajstić information content (AvgIpc) is 3.14. The van der Waals surface area contributed by atoms with Crippen molar-refractivity contribution in [1.82, 2.24) is 15.0 Å². The topological polar surface area (TPSA) is 59.2 Å². The Balaban J connectivity index is 1.67. The number of rotatable bonds is 7. The molecule has 27 heavy (non-hydrogen) atoms. The molecule has 0 saturated heterocycles. The summed E-state index contributed by atoms with van der Waals surface area (Å²) >= 11 is 0. The van der Waals surface area contributed by atoms with Gasteiger partial charge in [0.25, 0.3) is 5.91 Å². The molecular weight excluding hydrogens is 338 g/mol. The maximum absolute atomic E-state index is 12.8. The fourth-order valence-corrected chi connectivity index (χ4v) is 2.95. The number of aryl methyl sites for hydroxylation is 2. The van der Waals surface area contributed by atoms with Crippen LogP contribution in [0.3, 0.4) is 0 Å². The summed E-state index contributed by atoms with van der Waals surface area (Å²) in [6.07, 6.45) is 1.44. The fourth-order valence-electron chi connectivity index (χ4n) is 2.95. The standard InChI is InChI=1S/C22H25N3O2/c1-4-13-25(22(26)18-10-8-16(2)9-11-18)14-12-20-23-21(24-27-20)19-7-5-6-17(3)15-19/h5-11,15H,4,12-14H2,1-3H3. The lowest BCUT2D eigenvalue weighted by molar-refractivity contribution is 0.0754. The smallest absolute Gasteiger partial charge is 0.253 e. The van der Waals surface area contributed by atoms with Crippen LogP contribution in [0, 0.1) is 13.8 Å². The third kappa shape index (κ3) is 4.82. The monoisotopic (exact) mass is 363 g/mol. The summed E-state index contributed by atoms with van der Waals surface area (Å²) in [5.74, 6) is 1.17. The highest BCUT2D eigenvalue weighted by molar-refractivity contribution is 5.94. The summed E-state index contributed by atoms with van der Waals surface area (Å²) in [6.45, 7) is 7.36. The van der Waals surface area contributed by atoms with Crippen molar-refractivity contribution in [2.24, 2.45) is 0 Å². The number of aromatic nitrogens is 2. The minimum Gasteiger partial charge on any atom is -0.339 e. The molecule has 3 aromatic rings. The van der Waals surface area contributed by atoms with E-state index in [0.717, 1.165) is 23.1 Å². The predicted molar refractivity (Wildman–Crippen MR) is 106 cm³/mol. The molecule has 3 rings (SSSR count). The van der Waals surface area contributed by atoms with Gasteiger partial charge in [-0.05, 0) is 38.5 Å². The molecule has 0 aliphatic rings. The molecule has 0 fully saturated rings.